The van der Waals surface area contributed by atoms with E-state index in [1.165, 1.54) is 36.6 Å². The molecule has 1 saturated carbocycles. The summed E-state index contributed by atoms with van der Waals surface area (Å²) in [6.07, 6.45) is 7.18. The van der Waals surface area contributed by atoms with Crippen LogP contribution in [-0.4, -0.2) is 38.2 Å². The molecule has 0 saturated heterocycles. The molecule has 1 N–H and O–H groups in total. The second-order valence-corrected chi connectivity index (χ2v) is 6.56. The topological polar surface area (TPSA) is 108 Å². The highest BCUT2D eigenvalue weighted by Gasteiger charge is 2.20. The van der Waals surface area contributed by atoms with E-state index in [0.717, 1.165) is 12.1 Å². The molecule has 140 valence electrons. The van der Waals surface area contributed by atoms with Gasteiger partial charge in [0.2, 0.25) is 5.89 Å². The number of amides is 1. The number of hydrogen-bond acceptors (Lipinski definition) is 7. The standard InChI is InChI=1S/C18H20N6O3/c1-26-14-8-4-7-13(10-14)24-11-15(20-23-24)17(25)19-18-22-21-16(27-18)9-12-5-2-3-6-12/h4,7-8,10-12H,2-3,5-6,9H2,1H3,(H,19,22,25). The first-order valence-electron chi connectivity index (χ1n) is 8.92. The van der Waals surface area contributed by atoms with Gasteiger partial charge in [-0.1, -0.05) is 29.2 Å². The number of benzene rings is 1. The molecule has 1 fully saturated rings. The SMILES string of the molecule is COc1cccc(-n2cc(C(=O)Nc3nnc(CC4CCCC4)o3)nn2)c1. The molecule has 0 radical (unpaired) electrons. The van der Waals surface area contributed by atoms with E-state index in [1.807, 2.05) is 18.2 Å². The van der Waals surface area contributed by atoms with Crippen LogP contribution in [0.4, 0.5) is 6.01 Å². The number of carbonyl (C=O) groups is 1. The minimum atomic E-state index is -0.458. The van der Waals surface area contributed by atoms with Gasteiger partial charge >= 0.3 is 6.01 Å². The van der Waals surface area contributed by atoms with Gasteiger partial charge in [0.1, 0.15) is 5.75 Å². The Kier molecular flexibility index (Phi) is 4.82. The van der Waals surface area contributed by atoms with Crippen LogP contribution >= 0.6 is 0 Å². The summed E-state index contributed by atoms with van der Waals surface area (Å²) in [5, 5.41) is 18.4. The first-order valence-corrected chi connectivity index (χ1v) is 8.92. The highest BCUT2D eigenvalue weighted by Crippen LogP contribution is 2.27. The summed E-state index contributed by atoms with van der Waals surface area (Å²) in [5.74, 6) is 1.38. The Hall–Kier alpha value is -3.23. The van der Waals surface area contributed by atoms with Crippen molar-refractivity contribution in [3.8, 4) is 11.4 Å². The van der Waals surface area contributed by atoms with Crippen LogP contribution in [0, 0.1) is 5.92 Å². The molecule has 1 amide bonds. The third-order valence-corrected chi connectivity index (χ3v) is 4.67. The van der Waals surface area contributed by atoms with Crippen LogP contribution in [0.1, 0.15) is 42.1 Å². The summed E-state index contributed by atoms with van der Waals surface area (Å²) in [6.45, 7) is 0. The van der Waals surface area contributed by atoms with Crippen LogP contribution < -0.4 is 10.1 Å². The highest BCUT2D eigenvalue weighted by molar-refractivity contribution is 6.01. The number of carbonyl (C=O) groups excluding carboxylic acids is 1. The lowest BCUT2D eigenvalue weighted by molar-refractivity contribution is 0.101. The zero-order valence-corrected chi connectivity index (χ0v) is 15.0. The lowest BCUT2D eigenvalue weighted by Crippen LogP contribution is -2.12. The first-order chi connectivity index (χ1) is 13.2. The second-order valence-electron chi connectivity index (χ2n) is 6.56. The summed E-state index contributed by atoms with van der Waals surface area (Å²) in [6, 6.07) is 7.37. The van der Waals surface area contributed by atoms with Crippen molar-refractivity contribution in [1.29, 1.82) is 0 Å². The van der Waals surface area contributed by atoms with Crippen LogP contribution in [0.25, 0.3) is 5.69 Å². The monoisotopic (exact) mass is 368 g/mol. The molecule has 9 heteroatoms. The van der Waals surface area contributed by atoms with Gasteiger partial charge in [-0.15, -0.1) is 10.2 Å². The molecular formula is C18H20N6O3. The molecule has 3 aromatic rings. The summed E-state index contributed by atoms with van der Waals surface area (Å²) in [4.78, 5) is 12.4. The number of aromatic nitrogens is 5. The van der Waals surface area contributed by atoms with Crippen LogP contribution in [0.2, 0.25) is 0 Å². The quantitative estimate of drug-likeness (QED) is 0.712. The van der Waals surface area contributed by atoms with Gasteiger partial charge in [0.25, 0.3) is 5.91 Å². The van der Waals surface area contributed by atoms with E-state index >= 15 is 0 Å². The fourth-order valence-corrected chi connectivity index (χ4v) is 3.26. The van der Waals surface area contributed by atoms with Crippen molar-refractivity contribution in [2.75, 3.05) is 12.4 Å². The number of ether oxygens (including phenoxy) is 1. The van der Waals surface area contributed by atoms with Gasteiger partial charge < -0.3 is 9.15 Å². The normalized spacial score (nSPS) is 14.4. The molecule has 2 heterocycles. The Bertz CT molecular complexity index is 929. The number of nitrogens with one attached hydrogen (secondary N) is 1. The van der Waals surface area contributed by atoms with Crippen molar-refractivity contribution >= 4 is 11.9 Å². The largest absolute Gasteiger partial charge is 0.497 e. The van der Waals surface area contributed by atoms with E-state index in [2.05, 4.69) is 25.8 Å². The molecule has 1 aliphatic carbocycles. The van der Waals surface area contributed by atoms with Crippen molar-refractivity contribution < 1.29 is 13.9 Å². The van der Waals surface area contributed by atoms with Gasteiger partial charge in [-0.25, -0.2) is 4.68 Å². The maximum atomic E-state index is 12.4. The summed E-state index contributed by atoms with van der Waals surface area (Å²) in [7, 11) is 1.59. The molecule has 1 aliphatic rings. The average Bonchev–Trinajstić information content (AvgIpc) is 3.44. The molecule has 0 bridgehead atoms. The number of hydrogen-bond donors (Lipinski definition) is 1. The number of methoxy groups -OCH3 is 1. The predicted octanol–water partition coefficient (Wildman–Crippen LogP) is 2.64. The molecule has 4 rings (SSSR count). The molecule has 9 nitrogen and oxygen atoms in total. The molecule has 2 aromatic heterocycles. The lowest BCUT2D eigenvalue weighted by Gasteiger charge is -2.03. The third kappa shape index (κ3) is 3.97. The van der Waals surface area contributed by atoms with E-state index in [4.69, 9.17) is 9.15 Å². The fraction of sp³-hybridized carbons (Fsp3) is 0.389. The minimum Gasteiger partial charge on any atom is -0.497 e. The van der Waals surface area contributed by atoms with Crippen LogP contribution in [0.15, 0.2) is 34.9 Å². The molecule has 27 heavy (non-hydrogen) atoms. The smallest absolute Gasteiger partial charge is 0.322 e. The van der Waals surface area contributed by atoms with Crippen molar-refractivity contribution in [1.82, 2.24) is 25.2 Å². The minimum absolute atomic E-state index is 0.0731. The third-order valence-electron chi connectivity index (χ3n) is 4.67. The van der Waals surface area contributed by atoms with Gasteiger partial charge in [-0.2, -0.15) is 0 Å². The molecule has 1 aromatic carbocycles. The summed E-state index contributed by atoms with van der Waals surface area (Å²) in [5.41, 5.74) is 0.880. The number of anilines is 1. The Balaban J connectivity index is 1.41. The molecule has 0 spiro atoms. The number of rotatable bonds is 6. The Morgan fingerprint density at radius 1 is 1.30 bits per heavy atom. The van der Waals surface area contributed by atoms with E-state index in [0.29, 0.717) is 17.6 Å². The van der Waals surface area contributed by atoms with Crippen molar-refractivity contribution in [3.63, 3.8) is 0 Å². The summed E-state index contributed by atoms with van der Waals surface area (Å²) < 4.78 is 12.2. The van der Waals surface area contributed by atoms with E-state index in [-0.39, 0.29) is 11.7 Å². The van der Waals surface area contributed by atoms with Gasteiger partial charge in [0.05, 0.1) is 19.0 Å². The van der Waals surface area contributed by atoms with Crippen molar-refractivity contribution in [2.24, 2.45) is 5.92 Å². The molecular weight excluding hydrogens is 348 g/mol. The van der Waals surface area contributed by atoms with Crippen LogP contribution in [0.3, 0.4) is 0 Å². The Labute approximate surface area is 155 Å². The zero-order valence-electron chi connectivity index (χ0n) is 15.0. The Morgan fingerprint density at radius 2 is 2.15 bits per heavy atom. The predicted molar refractivity (Wildman–Crippen MR) is 95.8 cm³/mol. The van der Waals surface area contributed by atoms with Crippen LogP contribution in [0.5, 0.6) is 5.75 Å². The van der Waals surface area contributed by atoms with Gasteiger partial charge in [-0.3, -0.25) is 10.1 Å². The van der Waals surface area contributed by atoms with Gasteiger partial charge in [0.15, 0.2) is 5.69 Å². The molecule has 0 aliphatic heterocycles. The number of nitrogens with zero attached hydrogens (tertiary/aromatic N) is 5. The van der Waals surface area contributed by atoms with Crippen LogP contribution in [-0.2, 0) is 6.42 Å². The van der Waals surface area contributed by atoms with Gasteiger partial charge in [0, 0.05) is 12.5 Å². The average molecular weight is 368 g/mol. The maximum absolute atomic E-state index is 12.4. The van der Waals surface area contributed by atoms with E-state index in [9.17, 15) is 4.79 Å². The fourth-order valence-electron chi connectivity index (χ4n) is 3.26. The zero-order chi connectivity index (χ0) is 18.6. The van der Waals surface area contributed by atoms with E-state index in [1.54, 1.807) is 13.2 Å². The van der Waals surface area contributed by atoms with E-state index < -0.39 is 5.91 Å². The first kappa shape index (κ1) is 17.2. The second kappa shape index (κ2) is 7.56. The summed E-state index contributed by atoms with van der Waals surface area (Å²) >= 11 is 0. The van der Waals surface area contributed by atoms with Crippen molar-refractivity contribution in [2.45, 2.75) is 32.1 Å². The highest BCUT2D eigenvalue weighted by atomic mass is 16.5. The molecule has 0 unspecified atom stereocenters. The maximum Gasteiger partial charge on any atom is 0.322 e. The van der Waals surface area contributed by atoms with Gasteiger partial charge in [-0.05, 0) is 30.9 Å². The lowest BCUT2D eigenvalue weighted by atomic mass is 10.0. The van der Waals surface area contributed by atoms with Crippen molar-refractivity contribution in [3.05, 3.63) is 42.0 Å². The Morgan fingerprint density at radius 3 is 2.96 bits per heavy atom. The molecule has 0 atom stereocenters.